The van der Waals surface area contributed by atoms with Crippen molar-refractivity contribution < 1.29 is 4.79 Å². The number of benzene rings is 1. The molecule has 1 aromatic carbocycles. The minimum atomic E-state index is 0.0747. The van der Waals surface area contributed by atoms with E-state index in [-0.39, 0.29) is 11.3 Å². The minimum Gasteiger partial charge on any atom is -0.353 e. The summed E-state index contributed by atoms with van der Waals surface area (Å²) in [5, 5.41) is 3.21. The third-order valence-corrected chi connectivity index (χ3v) is 4.05. The van der Waals surface area contributed by atoms with Crippen LogP contribution in [0.3, 0.4) is 0 Å². The van der Waals surface area contributed by atoms with Crippen LogP contribution < -0.4 is 5.32 Å². The zero-order valence-electron chi connectivity index (χ0n) is 13.0. The van der Waals surface area contributed by atoms with Gasteiger partial charge in [-0.05, 0) is 42.6 Å². The summed E-state index contributed by atoms with van der Waals surface area (Å²) in [4.78, 5) is 12.0. The van der Waals surface area contributed by atoms with Crippen LogP contribution in [-0.4, -0.2) is 11.9 Å². The molecule has 1 aromatic rings. The molecule has 1 N–H and O–H groups in total. The molecular weight excluding hydrogens is 246 g/mol. The quantitative estimate of drug-likeness (QED) is 0.875. The van der Waals surface area contributed by atoms with Gasteiger partial charge in [0.2, 0.25) is 5.91 Å². The molecule has 0 spiro atoms. The second-order valence-electron chi connectivity index (χ2n) is 7.26. The molecule has 0 aliphatic heterocycles. The molecular formula is C18H27NO. The number of hydrogen-bond acceptors (Lipinski definition) is 1. The van der Waals surface area contributed by atoms with Gasteiger partial charge < -0.3 is 5.32 Å². The molecule has 20 heavy (non-hydrogen) atoms. The molecule has 0 unspecified atom stereocenters. The van der Waals surface area contributed by atoms with Gasteiger partial charge in [0.15, 0.2) is 0 Å². The van der Waals surface area contributed by atoms with Crippen LogP contribution >= 0.6 is 0 Å². The lowest BCUT2D eigenvalue weighted by atomic mass is 9.81. The Morgan fingerprint density at radius 3 is 2.25 bits per heavy atom. The maximum atomic E-state index is 12.0. The van der Waals surface area contributed by atoms with Crippen molar-refractivity contribution >= 4 is 5.91 Å². The molecule has 1 amide bonds. The van der Waals surface area contributed by atoms with Gasteiger partial charge in [-0.3, -0.25) is 4.79 Å². The molecule has 0 bridgehead atoms. The first-order valence-electron chi connectivity index (χ1n) is 7.78. The van der Waals surface area contributed by atoms with Crippen molar-refractivity contribution in [3.63, 3.8) is 0 Å². The number of rotatable bonds is 3. The lowest BCUT2D eigenvalue weighted by molar-refractivity contribution is -0.123. The van der Waals surface area contributed by atoms with Crippen molar-refractivity contribution in [2.75, 3.05) is 0 Å². The van der Waals surface area contributed by atoms with E-state index in [2.05, 4.69) is 56.4 Å². The van der Waals surface area contributed by atoms with Gasteiger partial charge in [0, 0.05) is 12.5 Å². The summed E-state index contributed by atoms with van der Waals surface area (Å²) < 4.78 is 0. The van der Waals surface area contributed by atoms with E-state index < -0.39 is 0 Å². The lowest BCUT2D eigenvalue weighted by Gasteiger charge is -2.30. The van der Waals surface area contributed by atoms with Crippen LogP contribution in [0.5, 0.6) is 0 Å². The Morgan fingerprint density at radius 1 is 1.10 bits per heavy atom. The van der Waals surface area contributed by atoms with Crippen molar-refractivity contribution in [3.05, 3.63) is 35.9 Å². The summed E-state index contributed by atoms with van der Waals surface area (Å²) in [5.41, 5.74) is 1.53. The molecule has 0 atom stereocenters. The monoisotopic (exact) mass is 273 g/mol. The number of amides is 1. The minimum absolute atomic E-state index is 0.0747. The molecule has 1 aliphatic rings. The molecule has 1 saturated carbocycles. The molecule has 0 heterocycles. The van der Waals surface area contributed by atoms with E-state index in [1.807, 2.05) is 0 Å². The molecule has 1 aliphatic carbocycles. The molecule has 0 radical (unpaired) electrons. The van der Waals surface area contributed by atoms with Crippen molar-refractivity contribution in [1.29, 1.82) is 0 Å². The Labute approximate surface area is 123 Å². The molecule has 1 fully saturated rings. The summed E-state index contributed by atoms with van der Waals surface area (Å²) in [5.74, 6) is 0.882. The summed E-state index contributed by atoms with van der Waals surface area (Å²) in [6.07, 6.45) is 5.20. The van der Waals surface area contributed by atoms with E-state index >= 15 is 0 Å². The summed E-state index contributed by atoms with van der Waals surface area (Å²) in [6, 6.07) is 11.1. The van der Waals surface area contributed by atoms with Crippen LogP contribution in [-0.2, 0) is 4.79 Å². The van der Waals surface area contributed by atoms with Gasteiger partial charge in [-0.2, -0.15) is 0 Å². The second kappa shape index (κ2) is 6.43. The fourth-order valence-electron chi connectivity index (χ4n) is 3.06. The van der Waals surface area contributed by atoms with Gasteiger partial charge in [0.05, 0.1) is 0 Å². The topological polar surface area (TPSA) is 29.1 Å². The van der Waals surface area contributed by atoms with Gasteiger partial charge in [0.1, 0.15) is 0 Å². The van der Waals surface area contributed by atoms with Crippen molar-refractivity contribution in [1.82, 2.24) is 5.32 Å². The van der Waals surface area contributed by atoms with E-state index in [9.17, 15) is 4.79 Å². The van der Waals surface area contributed by atoms with E-state index in [1.54, 1.807) is 0 Å². The fraction of sp³-hybridized carbons (Fsp3) is 0.611. The first kappa shape index (κ1) is 15.1. The van der Waals surface area contributed by atoms with E-state index in [0.717, 1.165) is 12.8 Å². The Kier molecular flexibility index (Phi) is 4.85. The van der Waals surface area contributed by atoms with E-state index in [1.165, 1.54) is 18.4 Å². The molecule has 110 valence electrons. The molecule has 0 saturated heterocycles. The van der Waals surface area contributed by atoms with Crippen LogP contribution in [0.25, 0.3) is 0 Å². The first-order chi connectivity index (χ1) is 9.44. The van der Waals surface area contributed by atoms with Crippen molar-refractivity contribution in [2.24, 2.45) is 5.41 Å². The predicted molar refractivity (Wildman–Crippen MR) is 83.7 cm³/mol. The SMILES string of the molecule is CC(C)(C)CC(=O)NC1CCC(c2ccccc2)CC1. The number of hydrogen-bond donors (Lipinski definition) is 1. The van der Waals surface area contributed by atoms with Crippen molar-refractivity contribution in [2.45, 2.75) is 64.8 Å². The maximum absolute atomic E-state index is 12.0. The maximum Gasteiger partial charge on any atom is 0.220 e. The zero-order chi connectivity index (χ0) is 14.6. The largest absolute Gasteiger partial charge is 0.353 e. The van der Waals surface area contributed by atoms with E-state index in [0.29, 0.717) is 18.4 Å². The average molecular weight is 273 g/mol. The highest BCUT2D eigenvalue weighted by atomic mass is 16.1. The third kappa shape index (κ3) is 4.66. The van der Waals surface area contributed by atoms with Gasteiger partial charge in [-0.1, -0.05) is 51.1 Å². The molecule has 0 aromatic heterocycles. The van der Waals surface area contributed by atoms with Crippen LogP contribution in [0, 0.1) is 5.41 Å². The lowest BCUT2D eigenvalue weighted by Crippen LogP contribution is -2.38. The van der Waals surface area contributed by atoms with Crippen LogP contribution in [0.4, 0.5) is 0 Å². The highest BCUT2D eigenvalue weighted by molar-refractivity contribution is 5.76. The molecule has 2 heteroatoms. The zero-order valence-corrected chi connectivity index (χ0v) is 13.0. The Balaban J connectivity index is 1.79. The van der Waals surface area contributed by atoms with E-state index in [4.69, 9.17) is 0 Å². The average Bonchev–Trinajstić information content (AvgIpc) is 2.38. The normalized spacial score (nSPS) is 23.4. The third-order valence-electron chi connectivity index (χ3n) is 4.05. The number of carbonyl (C=O) groups is 1. The molecule has 2 nitrogen and oxygen atoms in total. The standard InChI is InChI=1S/C18H27NO/c1-18(2,3)13-17(20)19-16-11-9-15(10-12-16)14-7-5-4-6-8-14/h4-8,15-16H,9-13H2,1-3H3,(H,19,20). The van der Waals surface area contributed by atoms with Gasteiger partial charge in [-0.15, -0.1) is 0 Å². The van der Waals surface area contributed by atoms with Crippen molar-refractivity contribution in [3.8, 4) is 0 Å². The fourth-order valence-corrected chi connectivity index (χ4v) is 3.06. The number of carbonyl (C=O) groups excluding carboxylic acids is 1. The Bertz CT molecular complexity index is 424. The van der Waals surface area contributed by atoms with Crippen LogP contribution in [0.1, 0.15) is 64.4 Å². The van der Waals surface area contributed by atoms with Gasteiger partial charge in [0.25, 0.3) is 0 Å². The highest BCUT2D eigenvalue weighted by Crippen LogP contribution is 2.32. The van der Waals surface area contributed by atoms with Gasteiger partial charge in [-0.25, -0.2) is 0 Å². The summed E-state index contributed by atoms with van der Waals surface area (Å²) in [6.45, 7) is 6.33. The Hall–Kier alpha value is -1.31. The van der Waals surface area contributed by atoms with Gasteiger partial charge >= 0.3 is 0 Å². The smallest absolute Gasteiger partial charge is 0.220 e. The Morgan fingerprint density at radius 2 is 1.70 bits per heavy atom. The van der Waals surface area contributed by atoms with Crippen LogP contribution in [0.15, 0.2) is 30.3 Å². The summed E-state index contributed by atoms with van der Waals surface area (Å²) >= 11 is 0. The first-order valence-corrected chi connectivity index (χ1v) is 7.78. The second-order valence-corrected chi connectivity index (χ2v) is 7.26. The summed E-state index contributed by atoms with van der Waals surface area (Å²) in [7, 11) is 0. The number of nitrogens with one attached hydrogen (secondary N) is 1. The molecule has 2 rings (SSSR count). The van der Waals surface area contributed by atoms with Crippen LogP contribution in [0.2, 0.25) is 0 Å². The predicted octanol–water partition coefficient (Wildman–Crippen LogP) is 4.27. The highest BCUT2D eigenvalue weighted by Gasteiger charge is 2.24.